The third-order valence-electron chi connectivity index (χ3n) is 2.37. The van der Waals surface area contributed by atoms with Crippen molar-refractivity contribution in [1.82, 2.24) is 10.1 Å². The Morgan fingerprint density at radius 1 is 1.19 bits per heavy atom. The molecule has 16 heavy (non-hydrogen) atoms. The molecule has 0 aliphatic carbocycles. The fourth-order valence-electron chi connectivity index (χ4n) is 1.59. The lowest BCUT2D eigenvalue weighted by Gasteiger charge is -1.91. The van der Waals surface area contributed by atoms with Crippen LogP contribution < -0.4 is 0 Å². The van der Waals surface area contributed by atoms with Crippen molar-refractivity contribution in [2.45, 2.75) is 6.42 Å². The third-order valence-corrected chi connectivity index (χ3v) is 3.47. The second-order valence-corrected chi connectivity index (χ2v) is 4.63. The van der Waals surface area contributed by atoms with Crippen LogP contribution in [0.1, 0.15) is 12.3 Å². The van der Waals surface area contributed by atoms with E-state index in [-0.39, 0.29) is 0 Å². The van der Waals surface area contributed by atoms with Crippen LogP contribution in [-0.2, 0) is 0 Å². The van der Waals surface area contributed by atoms with Gasteiger partial charge in [0.1, 0.15) is 0 Å². The number of allylic oxidation sites excluding steroid dienone is 1. The number of benzene rings is 1. The minimum Gasteiger partial charge on any atom is -0.333 e. The maximum absolute atomic E-state index is 5.25. The van der Waals surface area contributed by atoms with E-state index in [1.807, 2.05) is 30.3 Å². The highest BCUT2D eigenvalue weighted by molar-refractivity contribution is 8.08. The monoisotopic (exact) mass is 230 g/mol. The number of aromatic nitrogens is 2. The highest BCUT2D eigenvalue weighted by Gasteiger charge is 2.15. The molecule has 0 bridgehead atoms. The van der Waals surface area contributed by atoms with Crippen LogP contribution in [0, 0.1) is 0 Å². The second kappa shape index (κ2) is 4.14. The molecule has 0 radical (unpaired) electrons. The van der Waals surface area contributed by atoms with Crippen molar-refractivity contribution < 1.29 is 4.52 Å². The molecule has 4 heteroatoms. The Hall–Kier alpha value is -1.55. The van der Waals surface area contributed by atoms with Gasteiger partial charge >= 0.3 is 0 Å². The average molecular weight is 230 g/mol. The van der Waals surface area contributed by atoms with Crippen molar-refractivity contribution in [3.63, 3.8) is 0 Å². The fraction of sp³-hybridized carbons (Fsp3) is 0.167. The number of thioether (sulfide) groups is 1. The predicted octanol–water partition coefficient (Wildman–Crippen LogP) is 3.21. The Balaban J connectivity index is 1.94. The van der Waals surface area contributed by atoms with Crippen LogP contribution in [0.3, 0.4) is 0 Å². The molecule has 80 valence electrons. The van der Waals surface area contributed by atoms with Crippen LogP contribution in [0.4, 0.5) is 0 Å². The first-order valence-corrected chi connectivity index (χ1v) is 6.14. The van der Waals surface area contributed by atoms with Crippen molar-refractivity contribution >= 4 is 16.7 Å². The van der Waals surface area contributed by atoms with Gasteiger partial charge in [0.25, 0.3) is 5.89 Å². The summed E-state index contributed by atoms with van der Waals surface area (Å²) in [5, 5.41) is 3.99. The molecule has 3 rings (SSSR count). The van der Waals surface area contributed by atoms with Crippen molar-refractivity contribution in [2.75, 3.05) is 5.75 Å². The number of hydrogen-bond acceptors (Lipinski definition) is 4. The lowest BCUT2D eigenvalue weighted by Crippen LogP contribution is -1.80. The molecule has 0 N–H and O–H groups in total. The molecule has 1 aromatic heterocycles. The summed E-state index contributed by atoms with van der Waals surface area (Å²) < 4.78 is 5.25. The normalized spacial score (nSPS) is 15.1. The molecule has 2 aromatic rings. The maximum Gasteiger partial charge on any atom is 0.264 e. The van der Waals surface area contributed by atoms with Crippen LogP contribution in [0.2, 0.25) is 0 Å². The zero-order chi connectivity index (χ0) is 10.8. The smallest absolute Gasteiger partial charge is 0.264 e. The van der Waals surface area contributed by atoms with Crippen molar-refractivity contribution in [3.8, 4) is 11.4 Å². The summed E-state index contributed by atoms with van der Waals surface area (Å²) in [5.74, 6) is 2.41. The molecule has 3 nitrogen and oxygen atoms in total. The van der Waals surface area contributed by atoms with E-state index in [9.17, 15) is 0 Å². The zero-order valence-electron chi connectivity index (χ0n) is 8.59. The van der Waals surface area contributed by atoms with E-state index in [4.69, 9.17) is 4.52 Å². The minimum absolute atomic E-state index is 0.640. The summed E-state index contributed by atoms with van der Waals surface area (Å²) in [6, 6.07) is 9.86. The van der Waals surface area contributed by atoms with Gasteiger partial charge in [-0.1, -0.05) is 41.6 Å². The maximum atomic E-state index is 5.25. The highest BCUT2D eigenvalue weighted by Crippen LogP contribution is 2.33. The van der Waals surface area contributed by atoms with E-state index in [1.165, 1.54) is 0 Å². The van der Waals surface area contributed by atoms with Gasteiger partial charge in [-0.25, -0.2) is 0 Å². The van der Waals surface area contributed by atoms with Gasteiger partial charge in [0.15, 0.2) is 0 Å². The first-order valence-electron chi connectivity index (χ1n) is 5.16. The fourth-order valence-corrected chi connectivity index (χ4v) is 2.49. The zero-order valence-corrected chi connectivity index (χ0v) is 9.41. The van der Waals surface area contributed by atoms with Gasteiger partial charge in [-0.3, -0.25) is 0 Å². The minimum atomic E-state index is 0.640. The van der Waals surface area contributed by atoms with E-state index in [0.29, 0.717) is 11.7 Å². The lowest BCUT2D eigenvalue weighted by atomic mass is 10.2. The standard InChI is InChI=1S/C12H10N2OS/c1-2-5-9(6-3-1)11-13-12(15-14-11)10-7-4-8-16-10/h1-3,5-7H,4,8H2. The number of nitrogens with zero attached hydrogens (tertiary/aromatic N) is 2. The Kier molecular flexibility index (Phi) is 2.50. The molecule has 0 unspecified atom stereocenters. The topological polar surface area (TPSA) is 38.9 Å². The van der Waals surface area contributed by atoms with Gasteiger partial charge in [-0.05, 0) is 6.42 Å². The Morgan fingerprint density at radius 3 is 2.81 bits per heavy atom. The quantitative estimate of drug-likeness (QED) is 0.794. The Bertz CT molecular complexity index is 519. The van der Waals surface area contributed by atoms with Gasteiger partial charge in [0.05, 0.1) is 4.91 Å². The van der Waals surface area contributed by atoms with Crippen LogP contribution in [0.15, 0.2) is 40.9 Å². The second-order valence-electron chi connectivity index (χ2n) is 3.49. The summed E-state index contributed by atoms with van der Waals surface area (Å²) in [6.45, 7) is 0. The molecule has 1 aliphatic heterocycles. The van der Waals surface area contributed by atoms with Crippen LogP contribution in [0.5, 0.6) is 0 Å². The molecule has 0 atom stereocenters. The van der Waals surface area contributed by atoms with Gasteiger partial charge < -0.3 is 4.52 Å². The van der Waals surface area contributed by atoms with E-state index in [0.717, 1.165) is 22.6 Å². The molecule has 0 amide bonds. The summed E-state index contributed by atoms with van der Waals surface area (Å²) >= 11 is 1.77. The summed E-state index contributed by atoms with van der Waals surface area (Å²) in [7, 11) is 0. The molecule has 0 saturated carbocycles. The van der Waals surface area contributed by atoms with E-state index >= 15 is 0 Å². The number of hydrogen-bond donors (Lipinski definition) is 0. The number of rotatable bonds is 2. The van der Waals surface area contributed by atoms with Crippen LogP contribution in [-0.4, -0.2) is 15.9 Å². The van der Waals surface area contributed by atoms with Gasteiger partial charge in [-0.2, -0.15) is 4.98 Å². The molecule has 1 aliphatic rings. The van der Waals surface area contributed by atoms with E-state index < -0.39 is 0 Å². The van der Waals surface area contributed by atoms with Crippen LogP contribution in [0.25, 0.3) is 16.3 Å². The SMILES string of the molecule is C1=C(c2nc(-c3ccccc3)no2)SCC1. The molecular weight excluding hydrogens is 220 g/mol. The average Bonchev–Trinajstić information content (AvgIpc) is 3.01. The third kappa shape index (κ3) is 1.76. The van der Waals surface area contributed by atoms with Crippen molar-refractivity contribution in [2.24, 2.45) is 0 Å². The highest BCUT2D eigenvalue weighted by atomic mass is 32.2. The van der Waals surface area contributed by atoms with E-state index in [1.54, 1.807) is 11.8 Å². The predicted molar refractivity (Wildman–Crippen MR) is 64.8 cm³/mol. The van der Waals surface area contributed by atoms with Crippen molar-refractivity contribution in [1.29, 1.82) is 0 Å². The Morgan fingerprint density at radius 2 is 2.06 bits per heavy atom. The molecule has 2 heterocycles. The molecule has 1 aromatic carbocycles. The first kappa shape index (κ1) is 9.66. The Labute approximate surface area is 97.6 Å². The van der Waals surface area contributed by atoms with E-state index in [2.05, 4.69) is 16.2 Å². The van der Waals surface area contributed by atoms with Gasteiger partial charge in [-0.15, -0.1) is 11.8 Å². The molecule has 0 fully saturated rings. The van der Waals surface area contributed by atoms with Crippen molar-refractivity contribution in [3.05, 3.63) is 42.3 Å². The molecule has 0 spiro atoms. The van der Waals surface area contributed by atoms with Gasteiger partial charge in [0.2, 0.25) is 5.82 Å². The summed E-state index contributed by atoms with van der Waals surface area (Å²) in [5.41, 5.74) is 0.987. The van der Waals surface area contributed by atoms with Gasteiger partial charge in [0, 0.05) is 11.3 Å². The summed E-state index contributed by atoms with van der Waals surface area (Å²) in [6.07, 6.45) is 3.23. The largest absolute Gasteiger partial charge is 0.333 e. The lowest BCUT2D eigenvalue weighted by molar-refractivity contribution is 0.410. The molecular formula is C12H10N2OS. The first-order chi connectivity index (χ1) is 7.93. The van der Waals surface area contributed by atoms with Crippen LogP contribution >= 0.6 is 11.8 Å². The molecule has 0 saturated heterocycles. The summed E-state index contributed by atoms with van der Waals surface area (Å²) in [4.78, 5) is 5.50.